The fourth-order valence-corrected chi connectivity index (χ4v) is 2.47. The molecular weight excluding hydrogens is 238 g/mol. The third-order valence-corrected chi connectivity index (χ3v) is 3.67. The molecule has 1 heterocycles. The Bertz CT molecular complexity index is 375. The SMILES string of the molecule is Cc1ccccc1[C@@H](C)NCCCO[C@H]1CCOC1. The van der Waals surface area contributed by atoms with Gasteiger partial charge in [0, 0.05) is 19.3 Å². The van der Waals surface area contributed by atoms with Crippen LogP contribution in [-0.4, -0.2) is 32.5 Å². The van der Waals surface area contributed by atoms with Gasteiger partial charge in [-0.2, -0.15) is 0 Å². The number of rotatable bonds is 7. The van der Waals surface area contributed by atoms with Crippen molar-refractivity contribution in [2.24, 2.45) is 0 Å². The Labute approximate surface area is 116 Å². The lowest BCUT2D eigenvalue weighted by Gasteiger charge is -2.17. The molecule has 1 aliphatic rings. The summed E-state index contributed by atoms with van der Waals surface area (Å²) in [6.45, 7) is 7.82. The number of nitrogens with one attached hydrogen (secondary N) is 1. The zero-order valence-electron chi connectivity index (χ0n) is 12.0. The van der Waals surface area contributed by atoms with E-state index in [9.17, 15) is 0 Å². The van der Waals surface area contributed by atoms with Crippen molar-refractivity contribution in [3.8, 4) is 0 Å². The van der Waals surface area contributed by atoms with Crippen molar-refractivity contribution >= 4 is 0 Å². The molecule has 0 unspecified atom stereocenters. The summed E-state index contributed by atoms with van der Waals surface area (Å²) in [5.41, 5.74) is 2.73. The molecule has 1 fully saturated rings. The minimum absolute atomic E-state index is 0.328. The molecule has 1 aliphatic heterocycles. The lowest BCUT2D eigenvalue weighted by Crippen LogP contribution is -2.22. The number of aryl methyl sites for hydroxylation is 1. The summed E-state index contributed by atoms with van der Waals surface area (Å²) < 4.78 is 11.0. The maximum absolute atomic E-state index is 5.75. The summed E-state index contributed by atoms with van der Waals surface area (Å²) in [6.07, 6.45) is 2.42. The molecule has 1 aromatic carbocycles. The maximum Gasteiger partial charge on any atom is 0.0830 e. The quantitative estimate of drug-likeness (QED) is 0.767. The van der Waals surface area contributed by atoms with E-state index in [-0.39, 0.29) is 0 Å². The fourth-order valence-electron chi connectivity index (χ4n) is 2.47. The molecule has 1 aromatic rings. The summed E-state index contributed by atoms with van der Waals surface area (Å²) in [7, 11) is 0. The van der Waals surface area contributed by atoms with Gasteiger partial charge in [-0.15, -0.1) is 0 Å². The Morgan fingerprint density at radius 2 is 2.26 bits per heavy atom. The van der Waals surface area contributed by atoms with Crippen LogP contribution in [-0.2, 0) is 9.47 Å². The monoisotopic (exact) mass is 263 g/mol. The maximum atomic E-state index is 5.75. The molecule has 3 nitrogen and oxygen atoms in total. The minimum Gasteiger partial charge on any atom is -0.379 e. The standard InChI is InChI=1S/C16H25NO2/c1-13-6-3-4-7-16(13)14(2)17-9-5-10-19-15-8-11-18-12-15/h3-4,6-7,14-15,17H,5,8-12H2,1-2H3/t14-,15+/m1/s1. The second kappa shape index (κ2) is 7.63. The third-order valence-electron chi connectivity index (χ3n) is 3.67. The van der Waals surface area contributed by atoms with E-state index < -0.39 is 0 Å². The van der Waals surface area contributed by atoms with E-state index in [0.29, 0.717) is 12.1 Å². The molecule has 0 spiro atoms. The van der Waals surface area contributed by atoms with Crippen molar-refractivity contribution in [2.45, 2.75) is 38.8 Å². The van der Waals surface area contributed by atoms with Crippen molar-refractivity contribution < 1.29 is 9.47 Å². The molecule has 0 radical (unpaired) electrons. The van der Waals surface area contributed by atoms with Crippen LogP contribution in [0, 0.1) is 6.92 Å². The van der Waals surface area contributed by atoms with Gasteiger partial charge < -0.3 is 14.8 Å². The van der Waals surface area contributed by atoms with Gasteiger partial charge in [-0.1, -0.05) is 24.3 Å². The first-order valence-electron chi connectivity index (χ1n) is 7.25. The Morgan fingerprint density at radius 3 is 3.00 bits per heavy atom. The zero-order chi connectivity index (χ0) is 13.5. The van der Waals surface area contributed by atoms with E-state index >= 15 is 0 Å². The summed E-state index contributed by atoms with van der Waals surface area (Å²) in [5, 5.41) is 3.55. The first-order valence-corrected chi connectivity index (χ1v) is 7.25. The average molecular weight is 263 g/mol. The smallest absolute Gasteiger partial charge is 0.0830 e. The van der Waals surface area contributed by atoms with Gasteiger partial charge in [-0.05, 0) is 44.4 Å². The van der Waals surface area contributed by atoms with Crippen LogP contribution in [0.1, 0.15) is 36.9 Å². The third kappa shape index (κ3) is 4.60. The van der Waals surface area contributed by atoms with Crippen LogP contribution < -0.4 is 5.32 Å². The van der Waals surface area contributed by atoms with Gasteiger partial charge in [0.25, 0.3) is 0 Å². The highest BCUT2D eigenvalue weighted by Gasteiger charge is 2.15. The van der Waals surface area contributed by atoms with Crippen LogP contribution in [0.15, 0.2) is 24.3 Å². The van der Waals surface area contributed by atoms with E-state index in [1.165, 1.54) is 11.1 Å². The highest BCUT2D eigenvalue weighted by atomic mass is 16.5. The van der Waals surface area contributed by atoms with E-state index in [0.717, 1.165) is 39.2 Å². The van der Waals surface area contributed by atoms with Crippen molar-refractivity contribution in [3.63, 3.8) is 0 Å². The van der Waals surface area contributed by atoms with Gasteiger partial charge in [-0.25, -0.2) is 0 Å². The number of hydrogen-bond acceptors (Lipinski definition) is 3. The zero-order valence-corrected chi connectivity index (χ0v) is 12.0. The fraction of sp³-hybridized carbons (Fsp3) is 0.625. The Balaban J connectivity index is 1.61. The summed E-state index contributed by atoms with van der Waals surface area (Å²) >= 11 is 0. The molecule has 106 valence electrons. The molecule has 0 bridgehead atoms. The molecule has 3 heteroatoms. The molecular formula is C16H25NO2. The second-order valence-corrected chi connectivity index (χ2v) is 5.24. The van der Waals surface area contributed by atoms with Gasteiger partial charge in [0.2, 0.25) is 0 Å². The first-order chi connectivity index (χ1) is 9.27. The van der Waals surface area contributed by atoms with Crippen molar-refractivity contribution in [3.05, 3.63) is 35.4 Å². The predicted molar refractivity (Wildman–Crippen MR) is 77.4 cm³/mol. The minimum atomic E-state index is 0.328. The topological polar surface area (TPSA) is 30.5 Å². The largest absolute Gasteiger partial charge is 0.379 e. The molecule has 0 aromatic heterocycles. The molecule has 2 rings (SSSR count). The molecule has 0 aliphatic carbocycles. The number of hydrogen-bond donors (Lipinski definition) is 1. The molecule has 1 N–H and O–H groups in total. The Hall–Kier alpha value is -0.900. The highest BCUT2D eigenvalue weighted by Crippen LogP contribution is 2.16. The molecule has 0 amide bonds. The van der Waals surface area contributed by atoms with E-state index in [1.54, 1.807) is 0 Å². The first kappa shape index (κ1) is 14.5. The van der Waals surface area contributed by atoms with Crippen LogP contribution in [0.25, 0.3) is 0 Å². The lowest BCUT2D eigenvalue weighted by molar-refractivity contribution is 0.0414. The van der Waals surface area contributed by atoms with E-state index in [1.807, 2.05) is 0 Å². The summed E-state index contributed by atoms with van der Waals surface area (Å²) in [6, 6.07) is 8.94. The van der Waals surface area contributed by atoms with E-state index in [4.69, 9.17) is 9.47 Å². The second-order valence-electron chi connectivity index (χ2n) is 5.24. The molecule has 1 saturated heterocycles. The average Bonchev–Trinajstić information content (AvgIpc) is 2.92. The van der Waals surface area contributed by atoms with Crippen LogP contribution in [0.5, 0.6) is 0 Å². The van der Waals surface area contributed by atoms with Gasteiger partial charge >= 0.3 is 0 Å². The van der Waals surface area contributed by atoms with Gasteiger partial charge in [0.05, 0.1) is 12.7 Å². The molecule has 19 heavy (non-hydrogen) atoms. The van der Waals surface area contributed by atoms with Crippen LogP contribution in [0.4, 0.5) is 0 Å². The van der Waals surface area contributed by atoms with Crippen LogP contribution in [0.3, 0.4) is 0 Å². The summed E-state index contributed by atoms with van der Waals surface area (Å²) in [5.74, 6) is 0. The number of ether oxygens (including phenoxy) is 2. The molecule has 0 saturated carbocycles. The van der Waals surface area contributed by atoms with Gasteiger partial charge in [-0.3, -0.25) is 0 Å². The molecule has 2 atom stereocenters. The van der Waals surface area contributed by atoms with Crippen molar-refractivity contribution in [1.29, 1.82) is 0 Å². The van der Waals surface area contributed by atoms with Crippen molar-refractivity contribution in [1.82, 2.24) is 5.32 Å². The Kier molecular flexibility index (Phi) is 5.83. The van der Waals surface area contributed by atoms with Crippen LogP contribution in [0.2, 0.25) is 0 Å². The van der Waals surface area contributed by atoms with Gasteiger partial charge in [0.1, 0.15) is 0 Å². The lowest BCUT2D eigenvalue weighted by atomic mass is 10.0. The Morgan fingerprint density at radius 1 is 1.42 bits per heavy atom. The van der Waals surface area contributed by atoms with E-state index in [2.05, 4.69) is 43.4 Å². The predicted octanol–water partition coefficient (Wildman–Crippen LogP) is 2.84. The van der Waals surface area contributed by atoms with Gasteiger partial charge in [0.15, 0.2) is 0 Å². The van der Waals surface area contributed by atoms with Crippen LogP contribution >= 0.6 is 0 Å². The number of benzene rings is 1. The summed E-state index contributed by atoms with van der Waals surface area (Å²) in [4.78, 5) is 0. The highest BCUT2D eigenvalue weighted by molar-refractivity contribution is 5.28. The normalized spacial score (nSPS) is 20.6. The van der Waals surface area contributed by atoms with Crippen molar-refractivity contribution in [2.75, 3.05) is 26.4 Å².